The molecule has 50 heavy (non-hydrogen) atoms. The van der Waals surface area contributed by atoms with Crippen molar-refractivity contribution in [2.45, 2.75) is 70.4 Å². The van der Waals surface area contributed by atoms with Gasteiger partial charge in [-0.05, 0) is 36.4 Å². The lowest BCUT2D eigenvalue weighted by atomic mass is 10.2. The Morgan fingerprint density at radius 2 is 0.820 bits per heavy atom. The molecule has 0 aliphatic carbocycles. The zero-order valence-corrected chi connectivity index (χ0v) is 32.4. The first kappa shape index (κ1) is 37.6. The predicted octanol–water partition coefficient (Wildman–Crippen LogP) is 6.59. The first-order chi connectivity index (χ1) is 24.0. The van der Waals surface area contributed by atoms with Crippen LogP contribution >= 0.6 is 0 Å². The van der Waals surface area contributed by atoms with Crippen molar-refractivity contribution in [3.05, 3.63) is 157 Å². The second kappa shape index (κ2) is 16.6. The van der Waals surface area contributed by atoms with Crippen LogP contribution in [0.5, 0.6) is 0 Å². The third-order valence-electron chi connectivity index (χ3n) is 9.56. The molecule has 7 heteroatoms. The quantitative estimate of drug-likeness (QED) is 0.0953. The minimum absolute atomic E-state index is 0.101. The Bertz CT molecular complexity index is 1630. The van der Waals surface area contributed by atoms with Gasteiger partial charge in [-0.1, -0.05) is 193 Å². The highest BCUT2D eigenvalue weighted by Gasteiger charge is 2.52. The second-order valence-electron chi connectivity index (χ2n) is 15.0. The van der Waals surface area contributed by atoms with E-state index < -0.39 is 28.8 Å². The fourth-order valence-corrected chi connectivity index (χ4v) is 16.3. The topological polar surface area (TPSA) is 60.0 Å². The molecular weight excluding hydrogens is 651 g/mol. The smallest absolute Gasteiger partial charge is 0.261 e. The average molecular weight is 704 g/mol. The molecule has 0 heterocycles. The van der Waals surface area contributed by atoms with Crippen LogP contribution in [0.25, 0.3) is 0 Å². The van der Waals surface area contributed by atoms with Crippen molar-refractivity contribution >= 4 is 37.4 Å². The van der Waals surface area contributed by atoms with E-state index in [1.54, 1.807) is 0 Å². The Balaban J connectivity index is 1.50. The third-order valence-corrected chi connectivity index (χ3v) is 19.6. The Kier molecular flexibility index (Phi) is 12.5. The minimum atomic E-state index is -2.90. The van der Waals surface area contributed by atoms with Gasteiger partial charge < -0.3 is 14.0 Å². The SMILES string of the molecule is CC(C)(C)[Si](OC[C@H](O)[C@@H](CO[Si](c1ccccc1)(c1ccccc1)C(C)(C)C)NOCc1ccccc1)(c1ccccc1)c1ccccc1. The standard InChI is InChI=1S/C43H53NO4Si2/c1-42(2,3)49(36-24-14-8-15-25-36,37-26-16-9-17-27-37)47-33-40(44-46-32-35-22-12-7-13-23-35)41(45)34-48-50(43(4,5)6,38-28-18-10-19-29-38)39-30-20-11-21-31-39/h7-31,40-41,44-45H,32-34H2,1-6H3/t40-,41+/m1/s1. The van der Waals surface area contributed by atoms with Crippen LogP contribution in [-0.4, -0.2) is 47.1 Å². The van der Waals surface area contributed by atoms with E-state index in [0.717, 1.165) is 5.56 Å². The molecule has 5 nitrogen and oxygen atoms in total. The van der Waals surface area contributed by atoms with Crippen molar-refractivity contribution in [2.24, 2.45) is 0 Å². The molecular formula is C43H53NO4Si2. The van der Waals surface area contributed by atoms with Crippen molar-refractivity contribution in [1.82, 2.24) is 5.48 Å². The second-order valence-corrected chi connectivity index (χ2v) is 23.6. The van der Waals surface area contributed by atoms with Crippen molar-refractivity contribution in [3.8, 4) is 0 Å². The fraction of sp³-hybridized carbons (Fsp3) is 0.302. The number of hydrogen-bond donors (Lipinski definition) is 2. The molecule has 2 N–H and O–H groups in total. The molecule has 5 rings (SSSR count). The van der Waals surface area contributed by atoms with Gasteiger partial charge in [0.15, 0.2) is 0 Å². The molecule has 5 aromatic carbocycles. The Morgan fingerprint density at radius 3 is 1.16 bits per heavy atom. The molecule has 0 amide bonds. The zero-order chi connectivity index (χ0) is 35.7. The van der Waals surface area contributed by atoms with Crippen molar-refractivity contribution in [2.75, 3.05) is 13.2 Å². The number of benzene rings is 5. The lowest BCUT2D eigenvalue weighted by Crippen LogP contribution is -2.68. The molecule has 2 atom stereocenters. The van der Waals surface area contributed by atoms with E-state index in [1.807, 2.05) is 54.6 Å². The molecule has 0 spiro atoms. The lowest BCUT2D eigenvalue weighted by molar-refractivity contribution is -0.0552. The monoisotopic (exact) mass is 703 g/mol. The Morgan fingerprint density at radius 1 is 0.500 bits per heavy atom. The minimum Gasteiger partial charge on any atom is -0.406 e. The summed E-state index contributed by atoms with van der Waals surface area (Å²) in [6, 6.07) is 51.6. The van der Waals surface area contributed by atoms with E-state index >= 15 is 0 Å². The maximum atomic E-state index is 12.2. The van der Waals surface area contributed by atoms with Crippen molar-refractivity contribution in [3.63, 3.8) is 0 Å². The van der Waals surface area contributed by atoms with Gasteiger partial charge in [0.05, 0.1) is 32.0 Å². The van der Waals surface area contributed by atoms with E-state index in [9.17, 15) is 5.11 Å². The molecule has 5 aromatic rings. The van der Waals surface area contributed by atoms with Crippen LogP contribution in [0.15, 0.2) is 152 Å². The maximum absolute atomic E-state index is 12.2. The number of rotatable bonds is 15. The maximum Gasteiger partial charge on any atom is 0.261 e. The van der Waals surface area contributed by atoms with Gasteiger partial charge in [-0.2, -0.15) is 5.48 Å². The zero-order valence-electron chi connectivity index (χ0n) is 30.4. The molecule has 0 aliphatic heterocycles. The summed E-state index contributed by atoms with van der Waals surface area (Å²) < 4.78 is 14.5. The predicted molar refractivity (Wildman–Crippen MR) is 211 cm³/mol. The molecule has 0 bridgehead atoms. The average Bonchev–Trinajstić information content (AvgIpc) is 3.12. The van der Waals surface area contributed by atoms with Crippen LogP contribution < -0.4 is 26.2 Å². The van der Waals surface area contributed by atoms with E-state index in [0.29, 0.717) is 6.61 Å². The van der Waals surface area contributed by atoms with Crippen LogP contribution in [0.2, 0.25) is 10.1 Å². The van der Waals surface area contributed by atoms with Gasteiger partial charge in [0, 0.05) is 0 Å². The first-order valence-corrected chi connectivity index (χ1v) is 21.4. The number of hydroxylamine groups is 1. The van der Waals surface area contributed by atoms with Gasteiger partial charge in [0.25, 0.3) is 16.6 Å². The van der Waals surface area contributed by atoms with E-state index in [2.05, 4.69) is 144 Å². The van der Waals surface area contributed by atoms with Crippen molar-refractivity contribution < 1.29 is 18.8 Å². The summed E-state index contributed by atoms with van der Waals surface area (Å²) in [6.07, 6.45) is -0.939. The third kappa shape index (κ3) is 8.27. The van der Waals surface area contributed by atoms with Crippen LogP contribution in [0.1, 0.15) is 47.1 Å². The largest absolute Gasteiger partial charge is 0.406 e. The lowest BCUT2D eigenvalue weighted by Gasteiger charge is -2.45. The number of nitrogens with one attached hydrogen (secondary N) is 1. The first-order valence-electron chi connectivity index (χ1n) is 17.6. The molecule has 0 fully saturated rings. The highest BCUT2D eigenvalue weighted by molar-refractivity contribution is 7.00. The summed E-state index contributed by atoms with van der Waals surface area (Å²) in [5.41, 5.74) is 4.26. The van der Waals surface area contributed by atoms with Crippen LogP contribution in [-0.2, 0) is 20.3 Å². The highest BCUT2D eigenvalue weighted by Crippen LogP contribution is 2.38. The summed E-state index contributed by atoms with van der Waals surface area (Å²) in [7, 11) is -5.79. The van der Waals surface area contributed by atoms with Crippen LogP contribution in [0, 0.1) is 0 Å². The summed E-state index contributed by atoms with van der Waals surface area (Å²) in [5.74, 6) is 0. The van der Waals surface area contributed by atoms with E-state index in [4.69, 9.17) is 13.7 Å². The van der Waals surface area contributed by atoms with Gasteiger partial charge >= 0.3 is 0 Å². The van der Waals surface area contributed by atoms with Gasteiger partial charge in [-0.3, -0.25) is 4.84 Å². The summed E-state index contributed by atoms with van der Waals surface area (Å²) in [6.45, 7) is 14.2. The molecule has 0 aromatic heterocycles. The number of hydrogen-bond acceptors (Lipinski definition) is 5. The Labute approximate surface area is 301 Å². The normalized spacial score (nSPS) is 13.9. The van der Waals surface area contributed by atoms with Crippen LogP contribution in [0.4, 0.5) is 0 Å². The molecule has 0 radical (unpaired) electrons. The number of aliphatic hydroxyl groups excluding tert-OH is 1. The van der Waals surface area contributed by atoms with Gasteiger partial charge in [-0.15, -0.1) is 0 Å². The highest BCUT2D eigenvalue weighted by atomic mass is 28.4. The van der Waals surface area contributed by atoms with Gasteiger partial charge in [0.1, 0.15) is 0 Å². The van der Waals surface area contributed by atoms with Gasteiger partial charge in [0.2, 0.25) is 0 Å². The molecule has 0 saturated carbocycles. The number of aliphatic hydroxyl groups is 1. The fourth-order valence-electron chi connectivity index (χ4n) is 7.09. The van der Waals surface area contributed by atoms with Gasteiger partial charge in [-0.25, -0.2) is 0 Å². The molecule has 262 valence electrons. The van der Waals surface area contributed by atoms with Crippen LogP contribution in [0.3, 0.4) is 0 Å². The molecule has 0 unspecified atom stereocenters. The molecule has 0 saturated heterocycles. The summed E-state index contributed by atoms with van der Waals surface area (Å²) in [4.78, 5) is 6.11. The summed E-state index contributed by atoms with van der Waals surface area (Å²) >= 11 is 0. The Hall–Kier alpha value is -3.67. The van der Waals surface area contributed by atoms with Crippen molar-refractivity contribution in [1.29, 1.82) is 0 Å². The van der Waals surface area contributed by atoms with E-state index in [-0.39, 0.29) is 23.3 Å². The summed E-state index contributed by atoms with van der Waals surface area (Å²) in [5, 5.41) is 16.4. The van der Waals surface area contributed by atoms with E-state index in [1.165, 1.54) is 20.7 Å². The molecule has 0 aliphatic rings.